The van der Waals surface area contributed by atoms with Gasteiger partial charge in [-0.1, -0.05) is 12.1 Å². The Balaban J connectivity index is 2.13. The van der Waals surface area contributed by atoms with Gasteiger partial charge in [0.1, 0.15) is 0 Å². The summed E-state index contributed by atoms with van der Waals surface area (Å²) in [5.74, 6) is 0.814. The molecule has 1 unspecified atom stereocenters. The molecule has 1 saturated carbocycles. The first-order valence-electron chi connectivity index (χ1n) is 7.04. The minimum atomic E-state index is -3.34. The quantitative estimate of drug-likeness (QED) is 0.808. The third-order valence-corrected chi connectivity index (χ3v) is 5.92. The van der Waals surface area contributed by atoms with Gasteiger partial charge in [-0.15, -0.1) is 0 Å². The smallest absolute Gasteiger partial charge is 0.242 e. The molecule has 5 heteroatoms. The lowest BCUT2D eigenvalue weighted by atomic mass is 10.1. The molecule has 20 heavy (non-hydrogen) atoms. The Labute approximate surface area is 122 Å². The Kier molecular flexibility index (Phi) is 4.52. The van der Waals surface area contributed by atoms with E-state index < -0.39 is 10.0 Å². The minimum Gasteiger partial charge on any atom is -0.299 e. The van der Waals surface area contributed by atoms with E-state index in [9.17, 15) is 8.42 Å². The van der Waals surface area contributed by atoms with E-state index in [2.05, 4.69) is 18.9 Å². The molecule has 1 fully saturated rings. The van der Waals surface area contributed by atoms with Gasteiger partial charge in [-0.3, -0.25) is 4.90 Å². The van der Waals surface area contributed by atoms with Crippen LogP contribution in [0.25, 0.3) is 0 Å². The second-order valence-corrected chi connectivity index (χ2v) is 8.08. The van der Waals surface area contributed by atoms with Gasteiger partial charge in [-0.2, -0.15) is 0 Å². The average molecular weight is 296 g/mol. The standard InChI is InChI=1S/C15H24N2O2S/c1-12(14-8-9-14)17(4)11-13-6-5-7-15(10-13)20(18,19)16(2)3/h5-7,10,12,14H,8-9,11H2,1-4H3. The highest BCUT2D eigenvalue weighted by molar-refractivity contribution is 7.89. The Morgan fingerprint density at radius 2 is 1.90 bits per heavy atom. The van der Waals surface area contributed by atoms with E-state index in [0.29, 0.717) is 10.9 Å². The molecule has 1 aromatic rings. The van der Waals surface area contributed by atoms with Crippen LogP contribution < -0.4 is 0 Å². The van der Waals surface area contributed by atoms with Crippen LogP contribution in [0, 0.1) is 5.92 Å². The molecular weight excluding hydrogens is 272 g/mol. The predicted molar refractivity (Wildman–Crippen MR) is 81.0 cm³/mol. The molecule has 1 aromatic carbocycles. The highest BCUT2D eigenvalue weighted by Gasteiger charge is 2.30. The zero-order valence-corrected chi connectivity index (χ0v) is 13.5. The monoisotopic (exact) mass is 296 g/mol. The Morgan fingerprint density at radius 3 is 2.45 bits per heavy atom. The van der Waals surface area contributed by atoms with E-state index in [1.54, 1.807) is 26.2 Å². The van der Waals surface area contributed by atoms with Crippen LogP contribution >= 0.6 is 0 Å². The molecule has 0 amide bonds. The van der Waals surface area contributed by atoms with Crippen LogP contribution in [0.3, 0.4) is 0 Å². The fraction of sp³-hybridized carbons (Fsp3) is 0.600. The number of rotatable bonds is 6. The first-order chi connectivity index (χ1) is 9.32. The highest BCUT2D eigenvalue weighted by Crippen LogP contribution is 2.35. The lowest BCUT2D eigenvalue weighted by Gasteiger charge is -2.24. The van der Waals surface area contributed by atoms with Gasteiger partial charge in [0.05, 0.1) is 4.90 Å². The summed E-state index contributed by atoms with van der Waals surface area (Å²) in [5.41, 5.74) is 1.04. The van der Waals surface area contributed by atoms with E-state index in [4.69, 9.17) is 0 Å². The average Bonchev–Trinajstić information content (AvgIpc) is 3.22. The highest BCUT2D eigenvalue weighted by atomic mass is 32.2. The first-order valence-corrected chi connectivity index (χ1v) is 8.48. The number of hydrogen-bond donors (Lipinski definition) is 0. The molecule has 0 N–H and O–H groups in total. The van der Waals surface area contributed by atoms with Crippen LogP contribution in [0.15, 0.2) is 29.2 Å². The van der Waals surface area contributed by atoms with Gasteiger partial charge < -0.3 is 0 Å². The summed E-state index contributed by atoms with van der Waals surface area (Å²) >= 11 is 0. The van der Waals surface area contributed by atoms with Crippen molar-refractivity contribution in [3.05, 3.63) is 29.8 Å². The van der Waals surface area contributed by atoms with Crippen LogP contribution in [0.4, 0.5) is 0 Å². The Hall–Kier alpha value is -0.910. The largest absolute Gasteiger partial charge is 0.299 e. The molecule has 0 aromatic heterocycles. The van der Waals surface area contributed by atoms with Gasteiger partial charge in [0.2, 0.25) is 10.0 Å². The topological polar surface area (TPSA) is 40.6 Å². The van der Waals surface area contributed by atoms with Crippen molar-refractivity contribution in [2.45, 2.75) is 37.2 Å². The van der Waals surface area contributed by atoms with Crippen LogP contribution in [0.2, 0.25) is 0 Å². The van der Waals surface area contributed by atoms with Crippen molar-refractivity contribution in [3.63, 3.8) is 0 Å². The maximum absolute atomic E-state index is 12.1. The molecule has 4 nitrogen and oxygen atoms in total. The molecule has 1 aliphatic rings. The predicted octanol–water partition coefficient (Wildman–Crippen LogP) is 2.17. The molecule has 0 aliphatic heterocycles. The molecule has 0 saturated heterocycles. The van der Waals surface area contributed by atoms with Crippen molar-refractivity contribution in [2.75, 3.05) is 21.1 Å². The molecule has 0 radical (unpaired) electrons. The maximum Gasteiger partial charge on any atom is 0.242 e. The second kappa shape index (κ2) is 5.84. The van der Waals surface area contributed by atoms with Crippen molar-refractivity contribution in [3.8, 4) is 0 Å². The molecule has 0 bridgehead atoms. The Morgan fingerprint density at radius 1 is 1.25 bits per heavy atom. The third-order valence-electron chi connectivity index (χ3n) is 4.11. The van der Waals surface area contributed by atoms with Gasteiger partial charge in [-0.25, -0.2) is 12.7 Å². The van der Waals surface area contributed by atoms with E-state index in [1.165, 1.54) is 17.1 Å². The van der Waals surface area contributed by atoms with Crippen LogP contribution in [0.5, 0.6) is 0 Å². The van der Waals surface area contributed by atoms with Crippen molar-refractivity contribution < 1.29 is 8.42 Å². The van der Waals surface area contributed by atoms with Gasteiger partial charge in [0.25, 0.3) is 0 Å². The summed E-state index contributed by atoms with van der Waals surface area (Å²) in [6, 6.07) is 7.81. The summed E-state index contributed by atoms with van der Waals surface area (Å²) in [5, 5.41) is 0. The summed E-state index contributed by atoms with van der Waals surface area (Å²) < 4.78 is 25.5. The van der Waals surface area contributed by atoms with E-state index in [1.807, 2.05) is 12.1 Å². The first kappa shape index (κ1) is 15.5. The van der Waals surface area contributed by atoms with Crippen molar-refractivity contribution in [2.24, 2.45) is 5.92 Å². The number of sulfonamides is 1. The van der Waals surface area contributed by atoms with Gasteiger partial charge in [0.15, 0.2) is 0 Å². The summed E-state index contributed by atoms with van der Waals surface area (Å²) in [4.78, 5) is 2.67. The summed E-state index contributed by atoms with van der Waals surface area (Å²) in [6.07, 6.45) is 2.64. The van der Waals surface area contributed by atoms with Crippen molar-refractivity contribution in [1.82, 2.24) is 9.21 Å². The number of nitrogens with zero attached hydrogens (tertiary/aromatic N) is 2. The molecule has 112 valence electrons. The van der Waals surface area contributed by atoms with E-state index >= 15 is 0 Å². The minimum absolute atomic E-state index is 0.368. The molecule has 0 heterocycles. The second-order valence-electron chi connectivity index (χ2n) is 5.93. The SMILES string of the molecule is CC(C1CC1)N(C)Cc1cccc(S(=O)(=O)N(C)C)c1. The van der Waals surface area contributed by atoms with Gasteiger partial charge >= 0.3 is 0 Å². The van der Waals surface area contributed by atoms with E-state index in [0.717, 1.165) is 18.0 Å². The van der Waals surface area contributed by atoms with Crippen LogP contribution in [-0.4, -0.2) is 44.8 Å². The van der Waals surface area contributed by atoms with Gasteiger partial charge in [-0.05, 0) is 50.4 Å². The normalized spacial score (nSPS) is 17.7. The lowest BCUT2D eigenvalue weighted by molar-refractivity contribution is 0.226. The lowest BCUT2D eigenvalue weighted by Crippen LogP contribution is -2.30. The molecule has 1 aliphatic carbocycles. The van der Waals surface area contributed by atoms with Crippen LogP contribution in [0.1, 0.15) is 25.3 Å². The summed E-state index contributed by atoms with van der Waals surface area (Å²) in [6.45, 7) is 3.03. The molecular formula is C15H24N2O2S. The zero-order chi connectivity index (χ0) is 14.9. The Bertz CT molecular complexity index is 565. The van der Waals surface area contributed by atoms with E-state index in [-0.39, 0.29) is 0 Å². The maximum atomic E-state index is 12.1. The zero-order valence-electron chi connectivity index (χ0n) is 12.7. The number of hydrogen-bond acceptors (Lipinski definition) is 3. The van der Waals surface area contributed by atoms with Gasteiger partial charge in [0, 0.05) is 26.7 Å². The fourth-order valence-corrected chi connectivity index (χ4v) is 3.36. The van der Waals surface area contributed by atoms with Crippen molar-refractivity contribution in [1.29, 1.82) is 0 Å². The fourth-order valence-electron chi connectivity index (χ4n) is 2.39. The molecule has 0 spiro atoms. The third kappa shape index (κ3) is 3.40. The molecule has 2 rings (SSSR count). The van der Waals surface area contributed by atoms with Crippen molar-refractivity contribution >= 4 is 10.0 Å². The molecule has 1 atom stereocenters. The summed E-state index contributed by atoms with van der Waals surface area (Å²) in [7, 11) is 1.88. The number of benzene rings is 1. The van der Waals surface area contributed by atoms with Crippen LogP contribution in [-0.2, 0) is 16.6 Å².